The van der Waals surface area contributed by atoms with E-state index in [1.54, 1.807) is 0 Å². The molecule has 0 aromatic rings. The van der Waals surface area contributed by atoms with Crippen molar-refractivity contribution in [1.82, 2.24) is 10.2 Å². The first-order chi connectivity index (χ1) is 9.28. The number of amides is 2. The van der Waals surface area contributed by atoms with Crippen LogP contribution in [0.4, 0.5) is 0 Å². The highest BCUT2D eigenvalue weighted by Crippen LogP contribution is 2.39. The van der Waals surface area contributed by atoms with E-state index >= 15 is 0 Å². The molecule has 114 valence electrons. The van der Waals surface area contributed by atoms with Crippen molar-refractivity contribution in [2.24, 2.45) is 11.3 Å². The maximum atomic E-state index is 12.7. The highest BCUT2D eigenvalue weighted by Gasteiger charge is 2.39. The third kappa shape index (κ3) is 3.53. The monoisotopic (exact) mass is 280 g/mol. The first kappa shape index (κ1) is 15.3. The molecule has 2 atom stereocenters. The lowest BCUT2D eigenvalue weighted by molar-refractivity contribution is -0.136. The predicted molar refractivity (Wildman–Crippen MR) is 79.1 cm³/mol. The summed E-state index contributed by atoms with van der Waals surface area (Å²) in [5.41, 5.74) is 0.322. The quantitative estimate of drug-likeness (QED) is 0.862. The summed E-state index contributed by atoms with van der Waals surface area (Å²) >= 11 is 0. The fourth-order valence-corrected chi connectivity index (χ4v) is 3.52. The Kier molecular flexibility index (Phi) is 4.40. The number of carbonyl (C=O) groups is 2. The molecule has 20 heavy (non-hydrogen) atoms. The van der Waals surface area contributed by atoms with Crippen molar-refractivity contribution in [3.8, 4) is 0 Å². The number of nitrogens with one attached hydrogen (secondary N) is 1. The van der Waals surface area contributed by atoms with Gasteiger partial charge < -0.3 is 10.2 Å². The van der Waals surface area contributed by atoms with Crippen molar-refractivity contribution < 1.29 is 9.59 Å². The summed E-state index contributed by atoms with van der Waals surface area (Å²) in [5, 5.41) is 2.90. The van der Waals surface area contributed by atoms with E-state index in [2.05, 4.69) is 33.0 Å². The van der Waals surface area contributed by atoms with E-state index in [1.807, 2.05) is 4.90 Å². The molecule has 0 spiro atoms. The maximum Gasteiger partial charge on any atom is 0.245 e. The van der Waals surface area contributed by atoms with Gasteiger partial charge in [-0.25, -0.2) is 0 Å². The molecule has 1 N–H and O–H groups in total. The number of carbonyl (C=O) groups excluding carboxylic acids is 2. The summed E-state index contributed by atoms with van der Waals surface area (Å²) in [6.07, 6.45) is 4.47. The van der Waals surface area contributed by atoms with E-state index in [0.717, 1.165) is 25.7 Å². The van der Waals surface area contributed by atoms with Crippen LogP contribution in [0.15, 0.2) is 0 Å². The number of hydrogen-bond acceptors (Lipinski definition) is 2. The normalized spacial score (nSPS) is 30.6. The molecule has 0 aromatic carbocycles. The average molecular weight is 280 g/mol. The summed E-state index contributed by atoms with van der Waals surface area (Å²) in [5.74, 6) is 0.556. The topological polar surface area (TPSA) is 49.4 Å². The van der Waals surface area contributed by atoms with Crippen molar-refractivity contribution in [2.75, 3.05) is 6.54 Å². The minimum atomic E-state index is -0.325. The Bertz CT molecular complexity index is 390. The molecule has 1 aliphatic heterocycles. The van der Waals surface area contributed by atoms with Gasteiger partial charge in [0.2, 0.25) is 11.8 Å². The molecule has 0 aromatic heterocycles. The molecule has 4 heteroatoms. The summed E-state index contributed by atoms with van der Waals surface area (Å²) in [4.78, 5) is 26.5. The van der Waals surface area contributed by atoms with Crippen molar-refractivity contribution >= 4 is 11.8 Å². The molecule has 0 radical (unpaired) electrons. The third-order valence-corrected chi connectivity index (χ3v) is 4.59. The van der Waals surface area contributed by atoms with Gasteiger partial charge in [0.05, 0.1) is 0 Å². The minimum absolute atomic E-state index is 0.0174. The van der Waals surface area contributed by atoms with Crippen LogP contribution in [0.1, 0.15) is 59.8 Å². The third-order valence-electron chi connectivity index (χ3n) is 4.59. The fourth-order valence-electron chi connectivity index (χ4n) is 3.52. The van der Waals surface area contributed by atoms with Gasteiger partial charge in [0.25, 0.3) is 0 Å². The average Bonchev–Trinajstić information content (AvgIpc) is 2.61. The SMILES string of the molecule is CC(C)CC1NC(=O)CCN(C2CCC(C)(C)C2)C1=O. The van der Waals surface area contributed by atoms with E-state index in [4.69, 9.17) is 0 Å². The van der Waals surface area contributed by atoms with Crippen LogP contribution < -0.4 is 5.32 Å². The van der Waals surface area contributed by atoms with Gasteiger partial charge >= 0.3 is 0 Å². The Labute approximate surface area is 122 Å². The second-order valence-corrected chi connectivity index (χ2v) is 7.59. The molecule has 2 unspecified atom stereocenters. The predicted octanol–water partition coefficient (Wildman–Crippen LogP) is 2.33. The minimum Gasteiger partial charge on any atom is -0.344 e. The van der Waals surface area contributed by atoms with Crippen molar-refractivity contribution in [1.29, 1.82) is 0 Å². The van der Waals surface area contributed by atoms with Crippen LogP contribution >= 0.6 is 0 Å². The van der Waals surface area contributed by atoms with Crippen LogP contribution in [0.3, 0.4) is 0 Å². The number of hydrogen-bond donors (Lipinski definition) is 1. The van der Waals surface area contributed by atoms with Crippen molar-refractivity contribution in [3.05, 3.63) is 0 Å². The summed E-state index contributed by atoms with van der Waals surface area (Å²) < 4.78 is 0. The zero-order valence-corrected chi connectivity index (χ0v) is 13.2. The van der Waals surface area contributed by atoms with Gasteiger partial charge in [-0.2, -0.15) is 0 Å². The number of rotatable bonds is 3. The Morgan fingerprint density at radius 3 is 2.60 bits per heavy atom. The zero-order valence-electron chi connectivity index (χ0n) is 13.2. The standard InChI is InChI=1S/C16H28N2O2/c1-11(2)9-13-15(20)18(8-6-14(19)17-13)12-5-7-16(3,4)10-12/h11-13H,5-10H2,1-4H3,(H,17,19). The van der Waals surface area contributed by atoms with Crippen LogP contribution in [0.25, 0.3) is 0 Å². The van der Waals surface area contributed by atoms with Gasteiger partial charge in [-0.3, -0.25) is 9.59 Å². The van der Waals surface area contributed by atoms with E-state index in [1.165, 1.54) is 0 Å². The van der Waals surface area contributed by atoms with Gasteiger partial charge in [-0.1, -0.05) is 27.7 Å². The zero-order chi connectivity index (χ0) is 14.9. The van der Waals surface area contributed by atoms with Crippen LogP contribution in [-0.4, -0.2) is 35.3 Å². The summed E-state index contributed by atoms with van der Waals surface area (Å²) in [6, 6.07) is -0.00595. The van der Waals surface area contributed by atoms with Crippen molar-refractivity contribution in [2.45, 2.75) is 71.9 Å². The molecule has 4 nitrogen and oxygen atoms in total. The molecule has 1 aliphatic carbocycles. The molecule has 0 bridgehead atoms. The first-order valence-corrected chi connectivity index (χ1v) is 7.88. The Morgan fingerprint density at radius 2 is 2.05 bits per heavy atom. The molecule has 2 aliphatic rings. The molecular formula is C16H28N2O2. The Balaban J connectivity index is 2.11. The second kappa shape index (κ2) is 5.74. The van der Waals surface area contributed by atoms with Crippen LogP contribution in [0, 0.1) is 11.3 Å². The highest BCUT2D eigenvalue weighted by molar-refractivity contribution is 5.90. The lowest BCUT2D eigenvalue weighted by Gasteiger charge is -2.31. The molecule has 2 amide bonds. The number of nitrogens with zero attached hydrogens (tertiary/aromatic N) is 1. The van der Waals surface area contributed by atoms with Gasteiger partial charge in [0.15, 0.2) is 0 Å². The van der Waals surface area contributed by atoms with E-state index in [0.29, 0.717) is 30.3 Å². The molecule has 1 saturated carbocycles. The smallest absolute Gasteiger partial charge is 0.245 e. The first-order valence-electron chi connectivity index (χ1n) is 7.88. The van der Waals surface area contributed by atoms with Gasteiger partial charge in [0.1, 0.15) is 6.04 Å². The Hall–Kier alpha value is -1.06. The molecule has 1 heterocycles. The molecule has 2 rings (SSSR count). The van der Waals surface area contributed by atoms with Crippen LogP contribution in [0.2, 0.25) is 0 Å². The lowest BCUT2D eigenvalue weighted by Crippen LogP contribution is -2.48. The second-order valence-electron chi connectivity index (χ2n) is 7.59. The molecule has 2 fully saturated rings. The van der Waals surface area contributed by atoms with E-state index in [9.17, 15) is 9.59 Å². The van der Waals surface area contributed by atoms with Gasteiger partial charge in [-0.05, 0) is 37.0 Å². The lowest BCUT2D eigenvalue weighted by atomic mass is 9.91. The van der Waals surface area contributed by atoms with Gasteiger partial charge in [0, 0.05) is 19.0 Å². The maximum absolute atomic E-state index is 12.7. The van der Waals surface area contributed by atoms with E-state index < -0.39 is 0 Å². The Morgan fingerprint density at radius 1 is 1.35 bits per heavy atom. The van der Waals surface area contributed by atoms with Gasteiger partial charge in [-0.15, -0.1) is 0 Å². The summed E-state index contributed by atoms with van der Waals surface area (Å²) in [6.45, 7) is 9.30. The fraction of sp³-hybridized carbons (Fsp3) is 0.875. The van der Waals surface area contributed by atoms with E-state index in [-0.39, 0.29) is 17.9 Å². The van der Waals surface area contributed by atoms with Crippen LogP contribution in [0.5, 0.6) is 0 Å². The largest absolute Gasteiger partial charge is 0.344 e. The highest BCUT2D eigenvalue weighted by atomic mass is 16.2. The summed E-state index contributed by atoms with van der Waals surface area (Å²) in [7, 11) is 0. The van der Waals surface area contributed by atoms with Crippen LogP contribution in [-0.2, 0) is 9.59 Å². The molecule has 1 saturated heterocycles. The van der Waals surface area contributed by atoms with Crippen molar-refractivity contribution in [3.63, 3.8) is 0 Å². The molecular weight excluding hydrogens is 252 g/mol.